The third-order valence-corrected chi connectivity index (χ3v) is 12.2. The van der Waals surface area contributed by atoms with Crippen LogP contribution < -0.4 is 0 Å². The summed E-state index contributed by atoms with van der Waals surface area (Å²) >= 11 is 5.09. The number of hydrogen-bond donors (Lipinski definition) is 0. The van der Waals surface area contributed by atoms with E-state index in [2.05, 4.69) is 42.5 Å². The van der Waals surface area contributed by atoms with Gasteiger partial charge in [-0.3, -0.25) is 9.59 Å². The Morgan fingerprint density at radius 2 is 1.14 bits per heavy atom. The zero-order valence-electron chi connectivity index (χ0n) is 22.8. The second-order valence-electron chi connectivity index (χ2n) is 11.0. The average Bonchev–Trinajstić information content (AvgIpc) is 3.74. The van der Waals surface area contributed by atoms with Gasteiger partial charge in [0.05, 0.1) is 0 Å². The van der Waals surface area contributed by atoms with Gasteiger partial charge in [0.1, 0.15) is 0 Å². The highest BCUT2D eigenvalue weighted by molar-refractivity contribution is 7.26. The first-order valence-corrected chi connectivity index (χ1v) is 16.8. The minimum atomic E-state index is 0.0213. The number of allylic oxidation sites excluding steroid dienone is 1. The maximum Gasteiger partial charge on any atom is 0.194 e. The van der Waals surface area contributed by atoms with Gasteiger partial charge in [-0.1, -0.05) is 48.5 Å². The van der Waals surface area contributed by atoms with E-state index in [1.54, 1.807) is 34.0 Å². The molecule has 1 aliphatic carbocycles. The van der Waals surface area contributed by atoms with E-state index in [0.29, 0.717) is 11.1 Å². The highest BCUT2D eigenvalue weighted by Crippen LogP contribution is 2.40. The van der Waals surface area contributed by atoms with Gasteiger partial charge in [0.2, 0.25) is 0 Å². The fourth-order valence-electron chi connectivity index (χ4n) is 6.48. The lowest BCUT2D eigenvalue weighted by molar-refractivity contribution is 0.103. The molecule has 8 aromatic rings. The van der Waals surface area contributed by atoms with Crippen molar-refractivity contribution in [2.45, 2.75) is 12.8 Å². The van der Waals surface area contributed by atoms with E-state index in [0.717, 1.165) is 58.9 Å². The van der Waals surface area contributed by atoms with Gasteiger partial charge in [-0.2, -0.15) is 0 Å². The smallest absolute Gasteiger partial charge is 0.194 e. The zero-order valence-corrected chi connectivity index (χ0v) is 25.3. The van der Waals surface area contributed by atoms with Crippen LogP contribution in [0.3, 0.4) is 0 Å². The summed E-state index contributed by atoms with van der Waals surface area (Å²) in [5.41, 5.74) is 4.19. The predicted octanol–water partition coefficient (Wildman–Crippen LogP) is 11.1. The van der Waals surface area contributed by atoms with Crippen molar-refractivity contribution in [2.24, 2.45) is 0 Å². The lowest BCUT2D eigenvalue weighted by Gasteiger charge is -2.06. The first-order valence-electron chi connectivity index (χ1n) is 14.3. The Hall–Kier alpha value is -4.42. The van der Waals surface area contributed by atoms with Crippen molar-refractivity contribution in [3.63, 3.8) is 0 Å². The lowest BCUT2D eigenvalue weighted by atomic mass is 9.96. The van der Waals surface area contributed by atoms with E-state index in [9.17, 15) is 9.59 Å². The Balaban J connectivity index is 1.15. The zero-order chi connectivity index (χ0) is 28.7. The minimum Gasteiger partial charge on any atom is -0.289 e. The van der Waals surface area contributed by atoms with Crippen LogP contribution in [-0.2, 0) is 6.42 Å². The number of benzene rings is 5. The van der Waals surface area contributed by atoms with Crippen molar-refractivity contribution in [3.05, 3.63) is 136 Å². The molecule has 1 aliphatic rings. The van der Waals surface area contributed by atoms with Crippen molar-refractivity contribution in [3.8, 4) is 0 Å². The highest BCUT2D eigenvalue weighted by Gasteiger charge is 2.21. The molecular weight excluding hydrogens is 585 g/mol. The standard InChI is InChI=1S/C38H22O2S3/c39-35(27-11-5-9-25-23-7-1-3-13-31(23)42-37(25)27)21-15-17-33-29(19-21)30-20-22(16-18-34(30)41-33)36(40)28-12-6-10-26-24-8-2-4-14-32(24)43-38(26)28/h1,3-7,9-20H,2,8H2. The van der Waals surface area contributed by atoms with Gasteiger partial charge in [-0.15, -0.1) is 34.0 Å². The first-order chi connectivity index (χ1) is 21.1. The minimum absolute atomic E-state index is 0.0213. The Morgan fingerprint density at radius 3 is 1.86 bits per heavy atom. The normalized spacial score (nSPS) is 13.0. The van der Waals surface area contributed by atoms with Crippen LogP contribution in [0, 0.1) is 0 Å². The average molecular weight is 607 g/mol. The molecular formula is C38H22O2S3. The van der Waals surface area contributed by atoms with E-state index in [1.807, 2.05) is 66.7 Å². The predicted molar refractivity (Wildman–Crippen MR) is 185 cm³/mol. The molecule has 0 saturated carbocycles. The van der Waals surface area contributed by atoms with Crippen molar-refractivity contribution >= 4 is 102 Å². The summed E-state index contributed by atoms with van der Waals surface area (Å²) in [5, 5.41) is 5.53. The monoisotopic (exact) mass is 606 g/mol. The molecule has 0 unspecified atom stereocenters. The molecule has 0 bridgehead atoms. The molecule has 5 aromatic carbocycles. The van der Waals surface area contributed by atoms with Gasteiger partial charge in [-0.25, -0.2) is 0 Å². The maximum absolute atomic E-state index is 14.0. The number of hydrogen-bond acceptors (Lipinski definition) is 5. The van der Waals surface area contributed by atoms with Crippen LogP contribution in [0.5, 0.6) is 0 Å². The molecule has 2 nitrogen and oxygen atoms in total. The van der Waals surface area contributed by atoms with Crippen molar-refractivity contribution < 1.29 is 9.59 Å². The second-order valence-corrected chi connectivity index (χ2v) is 14.2. The molecule has 5 heteroatoms. The Labute approximate surface area is 259 Å². The summed E-state index contributed by atoms with van der Waals surface area (Å²) in [5.74, 6) is 0.0612. The summed E-state index contributed by atoms with van der Waals surface area (Å²) in [7, 11) is 0. The maximum atomic E-state index is 14.0. The topological polar surface area (TPSA) is 34.1 Å². The molecule has 0 amide bonds. The Bertz CT molecular complexity index is 2500. The summed E-state index contributed by atoms with van der Waals surface area (Å²) in [4.78, 5) is 29.2. The molecule has 0 N–H and O–H groups in total. The van der Waals surface area contributed by atoms with Crippen LogP contribution in [0.25, 0.3) is 56.5 Å². The van der Waals surface area contributed by atoms with Crippen molar-refractivity contribution in [1.29, 1.82) is 0 Å². The lowest BCUT2D eigenvalue weighted by Crippen LogP contribution is -2.01. The molecule has 3 aromatic heterocycles. The number of fused-ring (bicyclic) bond motifs is 9. The highest BCUT2D eigenvalue weighted by atomic mass is 32.1. The van der Waals surface area contributed by atoms with E-state index in [4.69, 9.17) is 0 Å². The van der Waals surface area contributed by atoms with Crippen molar-refractivity contribution in [2.75, 3.05) is 0 Å². The second kappa shape index (κ2) is 9.55. The largest absolute Gasteiger partial charge is 0.289 e. The van der Waals surface area contributed by atoms with E-state index in [-0.39, 0.29) is 11.6 Å². The molecule has 0 radical (unpaired) electrons. The number of ketones is 2. The number of aryl methyl sites for hydroxylation is 1. The molecule has 0 fully saturated rings. The first kappa shape index (κ1) is 25.1. The van der Waals surface area contributed by atoms with Gasteiger partial charge >= 0.3 is 0 Å². The molecule has 0 atom stereocenters. The molecule has 9 rings (SSSR count). The van der Waals surface area contributed by atoms with Gasteiger partial charge in [0.15, 0.2) is 11.6 Å². The Kier molecular flexibility index (Phi) is 5.57. The Morgan fingerprint density at radius 1 is 0.535 bits per heavy atom. The van der Waals surface area contributed by atoms with Crippen LogP contribution in [0.15, 0.2) is 103 Å². The fourth-order valence-corrected chi connectivity index (χ4v) is 10.0. The van der Waals surface area contributed by atoms with Crippen LogP contribution in [0.2, 0.25) is 0 Å². The fraction of sp³-hybridized carbons (Fsp3) is 0.0526. The molecule has 0 spiro atoms. The summed E-state index contributed by atoms with van der Waals surface area (Å²) in [6.07, 6.45) is 6.48. The third kappa shape index (κ3) is 3.82. The quantitative estimate of drug-likeness (QED) is 0.187. The van der Waals surface area contributed by atoms with E-state index >= 15 is 0 Å². The molecule has 204 valence electrons. The van der Waals surface area contributed by atoms with Gasteiger partial charge in [0.25, 0.3) is 0 Å². The summed E-state index contributed by atoms with van der Waals surface area (Å²) in [6.45, 7) is 0. The number of rotatable bonds is 4. The summed E-state index contributed by atoms with van der Waals surface area (Å²) < 4.78 is 5.50. The summed E-state index contributed by atoms with van der Waals surface area (Å²) in [6, 6.07) is 32.4. The van der Waals surface area contributed by atoms with Crippen molar-refractivity contribution in [1.82, 2.24) is 0 Å². The molecule has 0 saturated heterocycles. The van der Waals surface area contributed by atoms with Gasteiger partial charge in [0, 0.05) is 72.2 Å². The van der Waals surface area contributed by atoms with Gasteiger partial charge in [-0.05, 0) is 84.5 Å². The number of carbonyl (C=O) groups excluding carboxylic acids is 2. The number of carbonyl (C=O) groups is 2. The number of thiophene rings is 3. The SMILES string of the molecule is O=C(c1ccc2sc3ccc(C(=O)c4cccc5c4sc4ccccc45)cc3c2c1)c1cccc2c3c(sc12)C=CCC3. The van der Waals surface area contributed by atoms with Crippen LogP contribution in [0.4, 0.5) is 0 Å². The molecule has 3 heterocycles. The van der Waals surface area contributed by atoms with Crippen LogP contribution >= 0.6 is 34.0 Å². The van der Waals surface area contributed by atoms with E-state index in [1.165, 1.54) is 25.9 Å². The molecule has 43 heavy (non-hydrogen) atoms. The van der Waals surface area contributed by atoms with Crippen LogP contribution in [0.1, 0.15) is 48.7 Å². The third-order valence-electron chi connectivity index (χ3n) is 8.57. The van der Waals surface area contributed by atoms with E-state index < -0.39 is 0 Å². The van der Waals surface area contributed by atoms with Gasteiger partial charge < -0.3 is 0 Å². The molecule has 0 aliphatic heterocycles. The van der Waals surface area contributed by atoms with Crippen LogP contribution in [-0.4, -0.2) is 11.6 Å².